The molecule has 0 N–H and O–H groups in total. The summed E-state index contributed by atoms with van der Waals surface area (Å²) in [6.45, 7) is 9.35. The lowest BCUT2D eigenvalue weighted by Gasteiger charge is -2.16. The van der Waals surface area contributed by atoms with Crippen molar-refractivity contribution in [1.82, 2.24) is 14.8 Å². The molecule has 5 nitrogen and oxygen atoms in total. The van der Waals surface area contributed by atoms with Crippen molar-refractivity contribution in [2.24, 2.45) is 5.92 Å². The number of carbonyl (C=O) groups excluding carboxylic acids is 1. The largest absolute Gasteiger partial charge is 0.465 e. The summed E-state index contributed by atoms with van der Waals surface area (Å²) in [6, 6.07) is 0. The number of esters is 1. The zero-order valence-electron chi connectivity index (χ0n) is 11.7. The van der Waals surface area contributed by atoms with Gasteiger partial charge in [-0.3, -0.25) is 4.79 Å². The van der Waals surface area contributed by atoms with Crippen molar-refractivity contribution in [3.05, 3.63) is 12.2 Å². The molecule has 1 aromatic heterocycles. The van der Waals surface area contributed by atoms with E-state index in [1.54, 1.807) is 6.33 Å². The van der Waals surface area contributed by atoms with Crippen LogP contribution in [0, 0.1) is 5.92 Å². The summed E-state index contributed by atoms with van der Waals surface area (Å²) >= 11 is 0. The van der Waals surface area contributed by atoms with Gasteiger partial charge in [0.2, 0.25) is 0 Å². The van der Waals surface area contributed by atoms with E-state index in [1.165, 1.54) is 0 Å². The van der Waals surface area contributed by atoms with Gasteiger partial charge in [-0.1, -0.05) is 27.2 Å². The maximum Gasteiger partial charge on any atom is 0.316 e. The Kier molecular flexibility index (Phi) is 5.82. The van der Waals surface area contributed by atoms with E-state index in [4.69, 9.17) is 4.74 Å². The van der Waals surface area contributed by atoms with E-state index in [9.17, 15) is 4.79 Å². The second kappa shape index (κ2) is 7.13. The van der Waals surface area contributed by atoms with Gasteiger partial charge >= 0.3 is 5.97 Å². The molecule has 0 aliphatic rings. The van der Waals surface area contributed by atoms with E-state index < -0.39 is 0 Å². The number of hydrogen-bond donors (Lipinski definition) is 0. The molecule has 0 saturated heterocycles. The minimum atomic E-state index is -0.295. The van der Waals surface area contributed by atoms with Gasteiger partial charge in [-0.25, -0.2) is 0 Å². The van der Waals surface area contributed by atoms with Crippen LogP contribution in [0.3, 0.4) is 0 Å². The fourth-order valence-electron chi connectivity index (χ4n) is 1.95. The zero-order chi connectivity index (χ0) is 13.5. The Hall–Kier alpha value is -1.39. The minimum Gasteiger partial charge on any atom is -0.465 e. The standard InChI is InChI=1S/C13H23N3O2/c1-5-7-11(13(17)18-6-2)12-15-14-9-16(12)8-10(3)4/h9-11H,5-8H2,1-4H3. The Balaban J connectivity index is 2.91. The molecule has 0 saturated carbocycles. The lowest BCUT2D eigenvalue weighted by Crippen LogP contribution is -2.21. The normalized spacial score (nSPS) is 12.7. The molecule has 1 atom stereocenters. The third-order valence-corrected chi connectivity index (χ3v) is 2.67. The van der Waals surface area contributed by atoms with Gasteiger partial charge in [0.15, 0.2) is 0 Å². The van der Waals surface area contributed by atoms with Crippen LogP contribution in [0.15, 0.2) is 6.33 Å². The third kappa shape index (κ3) is 3.82. The molecule has 0 bridgehead atoms. The topological polar surface area (TPSA) is 57.0 Å². The molecular formula is C13H23N3O2. The van der Waals surface area contributed by atoms with Gasteiger partial charge in [-0.05, 0) is 19.3 Å². The van der Waals surface area contributed by atoms with Crippen LogP contribution in [-0.4, -0.2) is 27.3 Å². The summed E-state index contributed by atoms with van der Waals surface area (Å²) < 4.78 is 7.08. The summed E-state index contributed by atoms with van der Waals surface area (Å²) in [5.74, 6) is 0.724. The highest BCUT2D eigenvalue weighted by molar-refractivity contribution is 5.77. The maximum absolute atomic E-state index is 12.0. The molecule has 18 heavy (non-hydrogen) atoms. The van der Waals surface area contributed by atoms with Gasteiger partial charge in [0.25, 0.3) is 0 Å². The van der Waals surface area contributed by atoms with Crippen LogP contribution in [0.5, 0.6) is 0 Å². The third-order valence-electron chi connectivity index (χ3n) is 2.67. The molecule has 1 rings (SSSR count). The summed E-state index contributed by atoms with van der Waals surface area (Å²) in [7, 11) is 0. The first-order valence-electron chi connectivity index (χ1n) is 6.64. The summed E-state index contributed by atoms with van der Waals surface area (Å²) in [4.78, 5) is 12.0. The number of rotatable bonds is 7. The van der Waals surface area contributed by atoms with E-state index in [0.29, 0.717) is 12.5 Å². The predicted octanol–water partition coefficient (Wildman–Crippen LogP) is 2.38. The molecule has 0 aliphatic carbocycles. The molecule has 102 valence electrons. The summed E-state index contributed by atoms with van der Waals surface area (Å²) in [6.07, 6.45) is 3.35. The van der Waals surface area contributed by atoms with Gasteiger partial charge in [0, 0.05) is 6.54 Å². The van der Waals surface area contributed by atoms with Crippen LogP contribution < -0.4 is 0 Å². The maximum atomic E-state index is 12.0. The van der Waals surface area contributed by atoms with Crippen LogP contribution in [0.1, 0.15) is 52.3 Å². The fourth-order valence-corrected chi connectivity index (χ4v) is 1.95. The van der Waals surface area contributed by atoms with Crippen molar-refractivity contribution >= 4 is 5.97 Å². The number of ether oxygens (including phenoxy) is 1. The van der Waals surface area contributed by atoms with Crippen LogP contribution in [-0.2, 0) is 16.1 Å². The Morgan fingerprint density at radius 2 is 2.17 bits per heavy atom. The average molecular weight is 253 g/mol. The van der Waals surface area contributed by atoms with E-state index in [2.05, 4.69) is 31.0 Å². The molecule has 5 heteroatoms. The molecule has 1 heterocycles. The van der Waals surface area contributed by atoms with Crippen LogP contribution in [0.25, 0.3) is 0 Å². The van der Waals surface area contributed by atoms with Gasteiger partial charge < -0.3 is 9.30 Å². The predicted molar refractivity (Wildman–Crippen MR) is 69.1 cm³/mol. The molecule has 0 aliphatic heterocycles. The molecule has 1 aromatic rings. The smallest absolute Gasteiger partial charge is 0.316 e. The Bertz CT molecular complexity index is 374. The van der Waals surface area contributed by atoms with Gasteiger partial charge in [0.1, 0.15) is 18.1 Å². The first-order valence-corrected chi connectivity index (χ1v) is 6.64. The average Bonchev–Trinajstić information content (AvgIpc) is 2.73. The van der Waals surface area contributed by atoms with E-state index in [1.807, 2.05) is 11.5 Å². The molecule has 0 amide bonds. The molecule has 0 aromatic carbocycles. The van der Waals surface area contributed by atoms with Crippen LogP contribution in [0.4, 0.5) is 0 Å². The molecule has 0 fully saturated rings. The molecule has 1 unspecified atom stereocenters. The SMILES string of the molecule is CCCC(C(=O)OCC)c1nncn1CC(C)C. The van der Waals surface area contributed by atoms with Gasteiger partial charge in [0.05, 0.1) is 6.61 Å². The summed E-state index contributed by atoms with van der Waals surface area (Å²) in [5, 5.41) is 8.03. The van der Waals surface area contributed by atoms with E-state index >= 15 is 0 Å². The van der Waals surface area contributed by atoms with Gasteiger partial charge in [-0.2, -0.15) is 0 Å². The Morgan fingerprint density at radius 3 is 2.72 bits per heavy atom. The second-order valence-electron chi connectivity index (χ2n) is 4.83. The number of aromatic nitrogens is 3. The zero-order valence-corrected chi connectivity index (χ0v) is 11.7. The van der Waals surface area contributed by atoms with E-state index in [-0.39, 0.29) is 11.9 Å². The van der Waals surface area contributed by atoms with Crippen LogP contribution in [0.2, 0.25) is 0 Å². The Morgan fingerprint density at radius 1 is 1.44 bits per heavy atom. The van der Waals surface area contributed by atoms with E-state index in [0.717, 1.165) is 25.2 Å². The molecular weight excluding hydrogens is 230 g/mol. The number of nitrogens with zero attached hydrogens (tertiary/aromatic N) is 3. The monoisotopic (exact) mass is 253 g/mol. The highest BCUT2D eigenvalue weighted by Crippen LogP contribution is 2.21. The van der Waals surface area contributed by atoms with Crippen molar-refractivity contribution in [1.29, 1.82) is 0 Å². The van der Waals surface area contributed by atoms with Crippen molar-refractivity contribution in [3.8, 4) is 0 Å². The number of carbonyl (C=O) groups is 1. The van der Waals surface area contributed by atoms with Crippen molar-refractivity contribution in [3.63, 3.8) is 0 Å². The second-order valence-corrected chi connectivity index (χ2v) is 4.83. The fraction of sp³-hybridized carbons (Fsp3) is 0.769. The summed E-state index contributed by atoms with van der Waals surface area (Å²) in [5.41, 5.74) is 0. The van der Waals surface area contributed by atoms with Crippen molar-refractivity contribution in [2.45, 2.75) is 53.0 Å². The lowest BCUT2D eigenvalue weighted by atomic mass is 10.0. The van der Waals surface area contributed by atoms with Crippen molar-refractivity contribution in [2.75, 3.05) is 6.61 Å². The molecule has 0 radical (unpaired) electrons. The highest BCUT2D eigenvalue weighted by Gasteiger charge is 2.26. The van der Waals surface area contributed by atoms with Gasteiger partial charge in [-0.15, -0.1) is 10.2 Å². The molecule has 0 spiro atoms. The van der Waals surface area contributed by atoms with Crippen LogP contribution >= 0.6 is 0 Å². The van der Waals surface area contributed by atoms with Crippen molar-refractivity contribution < 1.29 is 9.53 Å². The first kappa shape index (κ1) is 14.7. The number of hydrogen-bond acceptors (Lipinski definition) is 4. The first-order chi connectivity index (χ1) is 8.60. The lowest BCUT2D eigenvalue weighted by molar-refractivity contribution is -0.145. The minimum absolute atomic E-state index is 0.197. The Labute approximate surface area is 109 Å². The highest BCUT2D eigenvalue weighted by atomic mass is 16.5. The quantitative estimate of drug-likeness (QED) is 0.700.